The third-order valence-corrected chi connectivity index (χ3v) is 13.3. The highest BCUT2D eigenvalue weighted by molar-refractivity contribution is 6.23. The topological polar surface area (TPSA) is 180 Å². The predicted octanol–water partition coefficient (Wildman–Crippen LogP) is 7.83. The van der Waals surface area contributed by atoms with Crippen LogP contribution in [0.5, 0.6) is 5.75 Å². The van der Waals surface area contributed by atoms with Gasteiger partial charge in [-0.2, -0.15) is 0 Å². The van der Waals surface area contributed by atoms with E-state index in [1.807, 2.05) is 65.6 Å². The highest BCUT2D eigenvalue weighted by Gasteiger charge is 2.76. The molecule has 4 aliphatic rings. The first-order valence-electron chi connectivity index (χ1n) is 22.3. The molecule has 0 radical (unpaired) electrons. The van der Waals surface area contributed by atoms with Crippen molar-refractivity contribution in [2.45, 2.75) is 74.8 Å². The van der Waals surface area contributed by atoms with Gasteiger partial charge in [-0.25, -0.2) is 9.69 Å². The number of hydrogen-bond acceptors (Lipinski definition) is 11. The SMILES string of the molecule is O=C1O[C@@H](c2ccccc2)[C@@H](c2ccccc2)N2[C@@H](c3ccc(O)cc3)[C@]3(C(=O)N(C(=O)OCc4ccc([N+](=O)[O-])cc4)c4ccc(C#CCCO)cc43)[C@@H](C(=O)N3CCCCCCC3)[C@H]12. The number of imide groups is 1. The van der Waals surface area contributed by atoms with E-state index in [1.165, 1.54) is 36.4 Å². The molecule has 14 heteroatoms. The molecule has 3 amide bonds. The van der Waals surface area contributed by atoms with Crippen LogP contribution in [0.15, 0.2) is 127 Å². The summed E-state index contributed by atoms with van der Waals surface area (Å²) in [6.45, 7) is 0.244. The van der Waals surface area contributed by atoms with E-state index in [1.54, 1.807) is 35.2 Å². The molecule has 3 saturated heterocycles. The van der Waals surface area contributed by atoms with Crippen LogP contribution in [0, 0.1) is 27.9 Å². The highest BCUT2D eigenvalue weighted by Crippen LogP contribution is 2.66. The Morgan fingerprint density at radius 1 is 0.803 bits per heavy atom. The van der Waals surface area contributed by atoms with Gasteiger partial charge in [-0.05, 0) is 83.1 Å². The standard InChI is InChI=1S/C52H48N4O10/c57-31-13-10-14-34-21-28-42-41(32-34)52(50(61)54(42)51(62)65-33-35-19-24-39(25-20-35)56(63)64)43(48(59)53-29-11-2-1-3-12-30-53)45-49(60)66-46(37-17-8-5-9-18-37)44(36-15-6-4-7-16-36)55(45)47(52)38-22-26-40(58)27-23-38/h4-9,15-28,32,43-47,57-58H,1-3,11-13,29-31,33H2/t43-,44-,45-,46+,47+,52-/m1/s1. The van der Waals surface area contributed by atoms with Gasteiger partial charge in [0.25, 0.3) is 5.69 Å². The number of nitro benzene ring substituents is 1. The van der Waals surface area contributed by atoms with Crippen LogP contribution in [0.4, 0.5) is 16.2 Å². The van der Waals surface area contributed by atoms with E-state index in [9.17, 15) is 25.1 Å². The molecule has 66 heavy (non-hydrogen) atoms. The van der Waals surface area contributed by atoms with Gasteiger partial charge in [-0.3, -0.25) is 29.4 Å². The zero-order chi connectivity index (χ0) is 46.0. The number of phenolic OH excluding ortho intramolecular Hbond substituents is 1. The van der Waals surface area contributed by atoms with Gasteiger partial charge in [0, 0.05) is 37.2 Å². The summed E-state index contributed by atoms with van der Waals surface area (Å²) >= 11 is 0. The summed E-state index contributed by atoms with van der Waals surface area (Å²) in [5.41, 5.74) is 0.993. The number of ether oxygens (including phenoxy) is 2. The Bertz CT molecular complexity index is 2700. The summed E-state index contributed by atoms with van der Waals surface area (Å²) in [6, 6.07) is 32.2. The van der Waals surface area contributed by atoms with Gasteiger partial charge in [0.2, 0.25) is 11.8 Å². The largest absolute Gasteiger partial charge is 0.508 e. The van der Waals surface area contributed by atoms with Gasteiger partial charge >= 0.3 is 12.1 Å². The maximum Gasteiger partial charge on any atom is 0.421 e. The minimum absolute atomic E-state index is 0.0496. The van der Waals surface area contributed by atoms with Crippen LogP contribution in [-0.4, -0.2) is 74.6 Å². The van der Waals surface area contributed by atoms with Crippen LogP contribution >= 0.6 is 0 Å². The Labute approximate surface area is 381 Å². The summed E-state index contributed by atoms with van der Waals surface area (Å²) in [7, 11) is 0. The monoisotopic (exact) mass is 888 g/mol. The van der Waals surface area contributed by atoms with Crippen molar-refractivity contribution >= 4 is 35.3 Å². The normalized spacial score (nSPS) is 23.7. The lowest BCUT2D eigenvalue weighted by atomic mass is 9.64. The van der Waals surface area contributed by atoms with Crippen LogP contribution in [0.1, 0.15) is 90.1 Å². The Morgan fingerprint density at radius 2 is 1.45 bits per heavy atom. The van der Waals surface area contributed by atoms with Gasteiger partial charge in [0.15, 0.2) is 0 Å². The van der Waals surface area contributed by atoms with Gasteiger partial charge in [-0.15, -0.1) is 0 Å². The van der Waals surface area contributed by atoms with Crippen molar-refractivity contribution in [1.29, 1.82) is 0 Å². The third kappa shape index (κ3) is 7.84. The average molecular weight is 889 g/mol. The number of hydrogen-bond donors (Lipinski definition) is 2. The van der Waals surface area contributed by atoms with E-state index in [2.05, 4.69) is 11.8 Å². The van der Waals surface area contributed by atoms with Crippen molar-refractivity contribution in [2.75, 3.05) is 24.6 Å². The third-order valence-electron chi connectivity index (χ3n) is 13.3. The summed E-state index contributed by atoms with van der Waals surface area (Å²) in [5.74, 6) is 2.56. The number of non-ortho nitro benzene ring substituents is 1. The van der Waals surface area contributed by atoms with E-state index in [4.69, 9.17) is 9.47 Å². The summed E-state index contributed by atoms with van der Waals surface area (Å²) < 4.78 is 12.4. The lowest BCUT2D eigenvalue weighted by Gasteiger charge is -2.46. The quantitative estimate of drug-likeness (QED) is 0.0671. The van der Waals surface area contributed by atoms with Crippen LogP contribution < -0.4 is 4.90 Å². The molecule has 2 N–H and O–H groups in total. The smallest absolute Gasteiger partial charge is 0.421 e. The Hall–Kier alpha value is -7.34. The van der Waals surface area contributed by atoms with Crippen LogP contribution in [0.2, 0.25) is 0 Å². The number of aromatic hydroxyl groups is 1. The molecule has 3 fully saturated rings. The predicted molar refractivity (Wildman–Crippen MR) is 242 cm³/mol. The molecule has 1 spiro atoms. The number of likely N-dealkylation sites (tertiary alicyclic amines) is 1. The number of esters is 1. The van der Waals surface area contributed by atoms with Gasteiger partial charge < -0.3 is 24.6 Å². The Morgan fingerprint density at radius 3 is 2.11 bits per heavy atom. The van der Waals surface area contributed by atoms with Crippen molar-refractivity contribution < 1.29 is 43.8 Å². The van der Waals surface area contributed by atoms with Crippen molar-refractivity contribution in [3.63, 3.8) is 0 Å². The Kier molecular flexibility index (Phi) is 12.4. The van der Waals surface area contributed by atoms with Gasteiger partial charge in [0.1, 0.15) is 29.9 Å². The number of aliphatic hydroxyl groups is 1. The minimum Gasteiger partial charge on any atom is -0.508 e. The highest BCUT2D eigenvalue weighted by atomic mass is 16.6. The molecular formula is C52H48N4O10. The molecule has 4 heterocycles. The minimum atomic E-state index is -2.03. The molecule has 9 rings (SSSR count). The van der Waals surface area contributed by atoms with Crippen LogP contribution in [0.25, 0.3) is 0 Å². The van der Waals surface area contributed by atoms with Crippen molar-refractivity contribution in [3.8, 4) is 17.6 Å². The maximum absolute atomic E-state index is 16.4. The van der Waals surface area contributed by atoms with Crippen LogP contribution in [-0.2, 0) is 35.9 Å². The lowest BCUT2D eigenvalue weighted by molar-refractivity contribution is -0.384. The number of nitro groups is 1. The number of carbonyl (C=O) groups is 4. The summed E-state index contributed by atoms with van der Waals surface area (Å²) in [4.78, 5) is 78.0. The second-order valence-electron chi connectivity index (χ2n) is 17.1. The molecule has 5 aromatic rings. The first kappa shape index (κ1) is 43.9. The molecular weight excluding hydrogens is 841 g/mol. The molecule has 0 aliphatic carbocycles. The second kappa shape index (κ2) is 18.6. The molecule has 0 bridgehead atoms. The number of morpholine rings is 1. The number of fused-ring (bicyclic) bond motifs is 3. The first-order chi connectivity index (χ1) is 32.1. The van der Waals surface area contributed by atoms with E-state index < -0.39 is 64.4 Å². The fraction of sp³-hybridized carbons (Fsp3) is 0.308. The number of rotatable bonds is 8. The fourth-order valence-electron chi connectivity index (χ4n) is 10.4. The molecule has 0 saturated carbocycles. The number of cyclic esters (lactones) is 1. The zero-order valence-electron chi connectivity index (χ0n) is 36.0. The number of amides is 3. The van der Waals surface area contributed by atoms with E-state index in [0.717, 1.165) is 29.7 Å². The van der Waals surface area contributed by atoms with E-state index in [0.29, 0.717) is 48.2 Å². The number of aliphatic hydroxyl groups excluding tert-OH is 1. The summed E-state index contributed by atoms with van der Waals surface area (Å²) in [5, 5.41) is 31.7. The van der Waals surface area contributed by atoms with E-state index >= 15 is 14.4 Å². The van der Waals surface area contributed by atoms with Crippen molar-refractivity contribution in [3.05, 3.63) is 171 Å². The molecule has 14 nitrogen and oxygen atoms in total. The number of carbonyl (C=O) groups excluding carboxylic acids is 4. The number of benzene rings is 5. The average Bonchev–Trinajstić information content (AvgIpc) is 3.77. The number of nitrogens with zero attached hydrogens (tertiary/aromatic N) is 4. The summed E-state index contributed by atoms with van der Waals surface area (Å²) in [6.07, 6.45) is 2.42. The number of anilines is 1. The molecule has 6 atom stereocenters. The Balaban J connectivity index is 1.31. The van der Waals surface area contributed by atoms with E-state index in [-0.39, 0.29) is 42.3 Å². The molecule has 336 valence electrons. The number of phenols is 1. The zero-order valence-corrected chi connectivity index (χ0v) is 36.0. The van der Waals surface area contributed by atoms with Gasteiger partial charge in [0.05, 0.1) is 35.2 Å². The van der Waals surface area contributed by atoms with Crippen LogP contribution in [0.3, 0.4) is 0 Å². The maximum atomic E-state index is 16.4. The van der Waals surface area contributed by atoms with Gasteiger partial charge in [-0.1, -0.05) is 104 Å². The second-order valence-corrected chi connectivity index (χ2v) is 17.1. The fourth-order valence-corrected chi connectivity index (χ4v) is 10.4. The lowest BCUT2D eigenvalue weighted by Crippen LogP contribution is -2.56. The first-order valence-corrected chi connectivity index (χ1v) is 22.3. The molecule has 4 aliphatic heterocycles. The molecule has 0 aromatic heterocycles. The van der Waals surface area contributed by atoms with Crippen molar-refractivity contribution in [1.82, 2.24) is 9.80 Å². The van der Waals surface area contributed by atoms with Crippen molar-refractivity contribution in [2.24, 2.45) is 5.92 Å². The molecule has 0 unspecified atom stereocenters. The molecule has 5 aromatic carbocycles.